The quantitative estimate of drug-likeness (QED) is 0.732. The van der Waals surface area contributed by atoms with E-state index < -0.39 is 18.0 Å². The van der Waals surface area contributed by atoms with Crippen molar-refractivity contribution in [3.8, 4) is 0 Å². The maximum absolute atomic E-state index is 11.5. The third-order valence-electron chi connectivity index (χ3n) is 3.61. The van der Waals surface area contributed by atoms with Crippen LogP contribution in [0.3, 0.4) is 0 Å². The van der Waals surface area contributed by atoms with Gasteiger partial charge in [0.1, 0.15) is 6.04 Å². The van der Waals surface area contributed by atoms with Gasteiger partial charge in [-0.15, -0.1) is 0 Å². The molecule has 0 radical (unpaired) electrons. The Morgan fingerprint density at radius 2 is 1.81 bits per heavy atom. The Morgan fingerprint density at radius 1 is 1.19 bits per heavy atom. The Morgan fingerprint density at radius 3 is 2.29 bits per heavy atom. The SMILES string of the molecule is CCCC(C(=O)O)N(CCC(=O)O)C(C)c1ccccc1. The lowest BCUT2D eigenvalue weighted by Crippen LogP contribution is -2.43. The molecule has 2 atom stereocenters. The zero-order valence-corrected chi connectivity index (χ0v) is 12.5. The number of hydrogen-bond donors (Lipinski definition) is 2. The van der Waals surface area contributed by atoms with E-state index in [1.165, 1.54) is 0 Å². The van der Waals surface area contributed by atoms with E-state index in [2.05, 4.69) is 0 Å². The molecule has 2 N–H and O–H groups in total. The summed E-state index contributed by atoms with van der Waals surface area (Å²) in [6.45, 7) is 4.07. The van der Waals surface area contributed by atoms with E-state index in [0.29, 0.717) is 6.42 Å². The molecule has 0 saturated heterocycles. The number of carboxylic acid groups (broad SMARTS) is 2. The van der Waals surface area contributed by atoms with Crippen LogP contribution in [0, 0.1) is 0 Å². The van der Waals surface area contributed by atoms with E-state index >= 15 is 0 Å². The molecule has 2 unspecified atom stereocenters. The van der Waals surface area contributed by atoms with E-state index in [1.54, 1.807) is 4.90 Å². The zero-order chi connectivity index (χ0) is 15.8. The predicted octanol–water partition coefficient (Wildman–Crippen LogP) is 2.78. The van der Waals surface area contributed by atoms with Gasteiger partial charge in [0.2, 0.25) is 0 Å². The van der Waals surface area contributed by atoms with E-state index in [9.17, 15) is 14.7 Å². The fourth-order valence-corrected chi connectivity index (χ4v) is 2.47. The number of carbonyl (C=O) groups is 2. The normalized spacial score (nSPS) is 13.9. The monoisotopic (exact) mass is 293 g/mol. The average molecular weight is 293 g/mol. The minimum Gasteiger partial charge on any atom is -0.481 e. The van der Waals surface area contributed by atoms with Gasteiger partial charge in [0.15, 0.2) is 0 Å². The van der Waals surface area contributed by atoms with Crippen LogP contribution >= 0.6 is 0 Å². The molecule has 0 aromatic heterocycles. The van der Waals surface area contributed by atoms with Crippen LogP contribution in [-0.2, 0) is 9.59 Å². The lowest BCUT2D eigenvalue weighted by molar-refractivity contribution is -0.146. The molecule has 0 fully saturated rings. The number of hydrogen-bond acceptors (Lipinski definition) is 3. The highest BCUT2D eigenvalue weighted by molar-refractivity contribution is 5.73. The van der Waals surface area contributed by atoms with Gasteiger partial charge < -0.3 is 10.2 Å². The molecule has 1 aromatic rings. The molecule has 5 nitrogen and oxygen atoms in total. The first-order chi connectivity index (χ1) is 9.97. The van der Waals surface area contributed by atoms with Crippen molar-refractivity contribution in [1.29, 1.82) is 0 Å². The minimum absolute atomic E-state index is 0.0648. The summed E-state index contributed by atoms with van der Waals surface area (Å²) in [5.74, 6) is -1.81. The Kier molecular flexibility index (Phi) is 6.88. The van der Waals surface area contributed by atoms with Gasteiger partial charge in [-0.2, -0.15) is 0 Å². The minimum atomic E-state index is -0.916. The standard InChI is InChI=1S/C16H23NO4/c1-3-7-14(16(20)21)17(11-10-15(18)19)12(2)13-8-5-4-6-9-13/h4-6,8-9,12,14H,3,7,10-11H2,1-2H3,(H,18,19)(H,20,21). The van der Waals surface area contributed by atoms with Crippen molar-refractivity contribution in [1.82, 2.24) is 4.90 Å². The van der Waals surface area contributed by atoms with Gasteiger partial charge in [0.05, 0.1) is 6.42 Å². The fourth-order valence-electron chi connectivity index (χ4n) is 2.47. The van der Waals surface area contributed by atoms with Crippen LogP contribution in [0.2, 0.25) is 0 Å². The van der Waals surface area contributed by atoms with Gasteiger partial charge in [0, 0.05) is 12.6 Å². The number of aliphatic carboxylic acids is 2. The first-order valence-electron chi connectivity index (χ1n) is 7.22. The smallest absolute Gasteiger partial charge is 0.320 e. The summed E-state index contributed by atoms with van der Waals surface area (Å²) in [6.07, 6.45) is 1.18. The van der Waals surface area contributed by atoms with E-state index in [4.69, 9.17) is 5.11 Å². The van der Waals surface area contributed by atoms with Gasteiger partial charge in [-0.3, -0.25) is 14.5 Å². The van der Waals surface area contributed by atoms with Gasteiger partial charge in [-0.05, 0) is 18.9 Å². The summed E-state index contributed by atoms with van der Waals surface area (Å²) < 4.78 is 0. The number of carboxylic acids is 2. The molecule has 21 heavy (non-hydrogen) atoms. The zero-order valence-electron chi connectivity index (χ0n) is 12.5. The summed E-state index contributed by atoms with van der Waals surface area (Å²) in [5.41, 5.74) is 0.991. The Labute approximate surface area is 125 Å². The highest BCUT2D eigenvalue weighted by atomic mass is 16.4. The first-order valence-corrected chi connectivity index (χ1v) is 7.22. The Bertz CT molecular complexity index is 461. The van der Waals surface area contributed by atoms with Gasteiger partial charge >= 0.3 is 11.9 Å². The third kappa shape index (κ3) is 5.19. The molecule has 0 aliphatic rings. The maximum atomic E-state index is 11.5. The fraction of sp³-hybridized carbons (Fsp3) is 0.500. The molecule has 5 heteroatoms. The van der Waals surface area contributed by atoms with Gasteiger partial charge in [0.25, 0.3) is 0 Å². The molecule has 0 saturated carbocycles. The summed E-state index contributed by atoms with van der Waals surface area (Å²) in [4.78, 5) is 24.1. The predicted molar refractivity (Wildman–Crippen MR) is 80.1 cm³/mol. The summed E-state index contributed by atoms with van der Waals surface area (Å²) in [7, 11) is 0. The molecule has 116 valence electrons. The largest absolute Gasteiger partial charge is 0.481 e. The average Bonchev–Trinajstić information content (AvgIpc) is 2.46. The number of benzene rings is 1. The molecule has 1 aromatic carbocycles. The van der Waals surface area contributed by atoms with Crippen LogP contribution in [0.5, 0.6) is 0 Å². The van der Waals surface area contributed by atoms with Crippen LogP contribution < -0.4 is 0 Å². The topological polar surface area (TPSA) is 77.8 Å². The third-order valence-corrected chi connectivity index (χ3v) is 3.61. The van der Waals surface area contributed by atoms with Crippen molar-refractivity contribution in [2.24, 2.45) is 0 Å². The van der Waals surface area contributed by atoms with Crippen molar-refractivity contribution >= 4 is 11.9 Å². The van der Waals surface area contributed by atoms with Crippen molar-refractivity contribution < 1.29 is 19.8 Å². The van der Waals surface area contributed by atoms with Crippen LogP contribution in [0.1, 0.15) is 44.7 Å². The van der Waals surface area contributed by atoms with Crippen molar-refractivity contribution in [2.45, 2.75) is 45.2 Å². The molecule has 0 amide bonds. The lowest BCUT2D eigenvalue weighted by Gasteiger charge is -2.34. The van der Waals surface area contributed by atoms with Crippen LogP contribution in [0.15, 0.2) is 30.3 Å². The summed E-state index contributed by atoms with van der Waals surface area (Å²) in [5, 5.41) is 18.3. The molecule has 0 heterocycles. The van der Waals surface area contributed by atoms with Crippen molar-refractivity contribution in [2.75, 3.05) is 6.54 Å². The van der Waals surface area contributed by atoms with Crippen molar-refractivity contribution in [3.05, 3.63) is 35.9 Å². The second-order valence-corrected chi connectivity index (χ2v) is 5.11. The van der Waals surface area contributed by atoms with Gasteiger partial charge in [-0.1, -0.05) is 43.7 Å². The number of rotatable bonds is 9. The van der Waals surface area contributed by atoms with E-state index in [0.717, 1.165) is 12.0 Å². The highest BCUT2D eigenvalue weighted by Crippen LogP contribution is 2.24. The van der Waals surface area contributed by atoms with Gasteiger partial charge in [-0.25, -0.2) is 0 Å². The number of nitrogens with zero attached hydrogens (tertiary/aromatic N) is 1. The molecule has 0 spiro atoms. The van der Waals surface area contributed by atoms with E-state index in [1.807, 2.05) is 44.2 Å². The molecular weight excluding hydrogens is 270 g/mol. The molecule has 0 aliphatic carbocycles. The van der Waals surface area contributed by atoms with Crippen LogP contribution in [0.4, 0.5) is 0 Å². The maximum Gasteiger partial charge on any atom is 0.320 e. The van der Waals surface area contributed by atoms with Crippen LogP contribution in [-0.4, -0.2) is 39.6 Å². The molecule has 1 rings (SSSR count). The summed E-state index contributed by atoms with van der Waals surface area (Å²) in [6, 6.07) is 8.77. The van der Waals surface area contributed by atoms with E-state index in [-0.39, 0.29) is 19.0 Å². The Balaban J connectivity index is 2.99. The molecule has 0 bridgehead atoms. The Hall–Kier alpha value is -1.88. The molecule has 0 aliphatic heterocycles. The second kappa shape index (κ2) is 8.42. The van der Waals surface area contributed by atoms with Crippen molar-refractivity contribution in [3.63, 3.8) is 0 Å². The summed E-state index contributed by atoms with van der Waals surface area (Å²) >= 11 is 0. The highest BCUT2D eigenvalue weighted by Gasteiger charge is 2.29. The second-order valence-electron chi connectivity index (χ2n) is 5.11. The van der Waals surface area contributed by atoms with Crippen LogP contribution in [0.25, 0.3) is 0 Å². The first kappa shape index (κ1) is 17.2. The lowest BCUT2D eigenvalue weighted by atomic mass is 10.0. The molecular formula is C16H23NO4.